The zero-order chi connectivity index (χ0) is 16.6. The van der Waals surface area contributed by atoms with E-state index in [4.69, 9.17) is 0 Å². The van der Waals surface area contributed by atoms with Crippen LogP contribution < -0.4 is 0 Å². The Hall–Kier alpha value is -1.04. The smallest absolute Gasteiger partial charge is 0.299 e. The Morgan fingerprint density at radius 2 is 1.83 bits per heavy atom. The minimum absolute atomic E-state index is 0.182. The van der Waals surface area contributed by atoms with Crippen molar-refractivity contribution < 1.29 is 22.4 Å². The van der Waals surface area contributed by atoms with E-state index in [1.165, 1.54) is 6.42 Å². The van der Waals surface area contributed by atoms with Crippen molar-refractivity contribution in [3.05, 3.63) is 35.1 Å². The highest BCUT2D eigenvalue weighted by Gasteiger charge is 2.37. The number of benzene rings is 1. The van der Waals surface area contributed by atoms with E-state index in [0.29, 0.717) is 10.5 Å². The van der Waals surface area contributed by atoms with Crippen molar-refractivity contribution in [1.82, 2.24) is 0 Å². The second kappa shape index (κ2) is 6.46. The van der Waals surface area contributed by atoms with Gasteiger partial charge in [-0.1, -0.05) is 6.42 Å². The normalized spacial score (nSPS) is 27.7. The van der Waals surface area contributed by atoms with Crippen LogP contribution in [0.15, 0.2) is 18.2 Å². The molecule has 2 heterocycles. The summed E-state index contributed by atoms with van der Waals surface area (Å²) >= 11 is 1.92. The van der Waals surface area contributed by atoms with Crippen LogP contribution in [0.4, 0.5) is 17.6 Å². The van der Waals surface area contributed by atoms with Gasteiger partial charge in [0, 0.05) is 22.8 Å². The maximum atomic E-state index is 13.3. The van der Waals surface area contributed by atoms with Crippen molar-refractivity contribution in [2.24, 2.45) is 5.92 Å². The summed E-state index contributed by atoms with van der Waals surface area (Å²) in [6, 6.07) is 2.36. The Labute approximate surface area is 136 Å². The molecule has 2 aliphatic heterocycles. The highest BCUT2D eigenvalue weighted by molar-refractivity contribution is 8.00. The molecule has 0 spiro atoms. The van der Waals surface area contributed by atoms with E-state index in [1.807, 2.05) is 11.8 Å². The third-order valence-corrected chi connectivity index (χ3v) is 6.35. The van der Waals surface area contributed by atoms with Crippen LogP contribution in [0.3, 0.4) is 0 Å². The molecule has 0 N–H and O–H groups in total. The van der Waals surface area contributed by atoms with E-state index in [1.54, 1.807) is 0 Å². The molecule has 23 heavy (non-hydrogen) atoms. The minimum Gasteiger partial charge on any atom is -0.299 e. The number of Topliss-reactive ketones (excluding diaryl/α,β-unsaturated/α-hetero) is 1. The van der Waals surface area contributed by atoms with Crippen LogP contribution in [-0.4, -0.2) is 16.3 Å². The first-order valence-corrected chi connectivity index (χ1v) is 8.81. The highest BCUT2D eigenvalue weighted by Crippen LogP contribution is 2.44. The lowest BCUT2D eigenvalue weighted by Crippen LogP contribution is -2.33. The molecule has 126 valence electrons. The second-order valence-electron chi connectivity index (χ2n) is 6.42. The van der Waals surface area contributed by atoms with Gasteiger partial charge in [-0.15, -0.1) is 0 Å². The number of halogens is 4. The van der Waals surface area contributed by atoms with E-state index in [2.05, 4.69) is 0 Å². The molecular formula is C17H18F4OS. The van der Waals surface area contributed by atoms with Crippen molar-refractivity contribution in [3.8, 4) is 0 Å². The third kappa shape index (κ3) is 3.90. The van der Waals surface area contributed by atoms with Gasteiger partial charge in [-0.2, -0.15) is 24.9 Å². The number of hydrogen-bond acceptors (Lipinski definition) is 2. The van der Waals surface area contributed by atoms with Gasteiger partial charge in [0.15, 0.2) is 0 Å². The summed E-state index contributed by atoms with van der Waals surface area (Å²) in [7, 11) is 0. The molecule has 0 aliphatic carbocycles. The quantitative estimate of drug-likeness (QED) is 0.715. The van der Waals surface area contributed by atoms with Crippen LogP contribution >= 0.6 is 11.8 Å². The molecule has 1 nitrogen and oxygen atoms in total. The maximum Gasteiger partial charge on any atom is 0.416 e. The first-order chi connectivity index (χ1) is 10.8. The SMILES string of the molecule is O=C(Cc1cc(F)ccc1C(F)(F)F)C1CC2CCCC(C1)S2. The van der Waals surface area contributed by atoms with Gasteiger partial charge in [0.25, 0.3) is 0 Å². The Morgan fingerprint density at radius 3 is 2.43 bits per heavy atom. The molecule has 0 amide bonds. The average Bonchev–Trinajstić information content (AvgIpc) is 2.45. The molecule has 2 bridgehead atoms. The molecule has 0 aromatic heterocycles. The molecule has 2 unspecified atom stereocenters. The molecule has 3 rings (SSSR count). The van der Waals surface area contributed by atoms with Crippen LogP contribution in [0.5, 0.6) is 0 Å². The molecule has 6 heteroatoms. The Balaban J connectivity index is 1.76. The second-order valence-corrected chi connectivity index (χ2v) is 8.03. The van der Waals surface area contributed by atoms with Crippen LogP contribution in [-0.2, 0) is 17.4 Å². The van der Waals surface area contributed by atoms with Gasteiger partial charge in [-0.05, 0) is 49.4 Å². The fourth-order valence-corrected chi connectivity index (χ4v) is 5.48. The lowest BCUT2D eigenvalue weighted by Gasteiger charge is -2.38. The fourth-order valence-electron chi connectivity index (χ4n) is 3.64. The van der Waals surface area contributed by atoms with Gasteiger partial charge in [-0.3, -0.25) is 4.79 Å². The first-order valence-electron chi connectivity index (χ1n) is 7.86. The number of carbonyl (C=O) groups is 1. The lowest BCUT2D eigenvalue weighted by atomic mass is 9.84. The maximum absolute atomic E-state index is 13.3. The Morgan fingerprint density at radius 1 is 1.17 bits per heavy atom. The summed E-state index contributed by atoms with van der Waals surface area (Å²) in [5, 5.41) is 0.900. The predicted octanol–water partition coefficient (Wildman–Crippen LogP) is 5.02. The van der Waals surface area contributed by atoms with Crippen molar-refractivity contribution in [3.63, 3.8) is 0 Å². The highest BCUT2D eigenvalue weighted by atomic mass is 32.2. The molecule has 0 saturated carbocycles. The van der Waals surface area contributed by atoms with Gasteiger partial charge in [0.2, 0.25) is 0 Å². The summed E-state index contributed by atoms with van der Waals surface area (Å²) in [4.78, 5) is 12.5. The predicted molar refractivity (Wildman–Crippen MR) is 81.9 cm³/mol. The van der Waals surface area contributed by atoms with Crippen molar-refractivity contribution in [2.75, 3.05) is 0 Å². The topological polar surface area (TPSA) is 17.1 Å². The zero-order valence-electron chi connectivity index (χ0n) is 12.5. The molecule has 2 saturated heterocycles. The van der Waals surface area contributed by atoms with Gasteiger partial charge < -0.3 is 0 Å². The van der Waals surface area contributed by atoms with Crippen molar-refractivity contribution in [1.29, 1.82) is 0 Å². The molecule has 0 radical (unpaired) electrons. The molecule has 1 aromatic rings. The number of alkyl halides is 3. The first kappa shape index (κ1) is 16.8. The largest absolute Gasteiger partial charge is 0.416 e. The molecular weight excluding hydrogens is 328 g/mol. The summed E-state index contributed by atoms with van der Waals surface area (Å²) in [5.41, 5.74) is -1.15. The number of ketones is 1. The van der Waals surface area contributed by atoms with Crippen LogP contribution in [0.1, 0.15) is 43.2 Å². The lowest BCUT2D eigenvalue weighted by molar-refractivity contribution is -0.138. The summed E-state index contributed by atoms with van der Waals surface area (Å²) in [5.74, 6) is -1.11. The van der Waals surface area contributed by atoms with Crippen molar-refractivity contribution in [2.45, 2.75) is 55.2 Å². The van der Waals surface area contributed by atoms with E-state index >= 15 is 0 Å². The van der Waals surface area contributed by atoms with Crippen molar-refractivity contribution >= 4 is 17.5 Å². The third-order valence-electron chi connectivity index (χ3n) is 4.72. The van der Waals surface area contributed by atoms with E-state index < -0.39 is 17.6 Å². The van der Waals surface area contributed by atoms with Crippen LogP contribution in [0.25, 0.3) is 0 Å². The average molecular weight is 346 g/mol. The number of hydrogen-bond donors (Lipinski definition) is 0. The molecule has 1 aromatic carbocycles. The summed E-state index contributed by atoms with van der Waals surface area (Å²) in [6.07, 6.45) is -0.0697. The molecule has 2 aliphatic rings. The Kier molecular flexibility index (Phi) is 4.72. The van der Waals surface area contributed by atoms with E-state index in [-0.39, 0.29) is 23.7 Å². The van der Waals surface area contributed by atoms with Crippen LogP contribution in [0.2, 0.25) is 0 Å². The van der Waals surface area contributed by atoms with Crippen LogP contribution in [0, 0.1) is 11.7 Å². The summed E-state index contributed by atoms with van der Waals surface area (Å²) < 4.78 is 52.4. The van der Waals surface area contributed by atoms with Gasteiger partial charge in [0.05, 0.1) is 5.56 Å². The fraction of sp³-hybridized carbons (Fsp3) is 0.588. The number of fused-ring (bicyclic) bond motifs is 2. The van der Waals surface area contributed by atoms with Gasteiger partial charge in [0.1, 0.15) is 11.6 Å². The van der Waals surface area contributed by atoms with E-state index in [9.17, 15) is 22.4 Å². The standard InChI is InChI=1S/C17H18F4OS/c18-12-4-5-15(17(19,20)21)10(6-12)9-16(22)11-7-13-2-1-3-14(8-11)23-13/h4-6,11,13-14H,1-3,7-9H2. The Bertz CT molecular complexity index is 587. The number of rotatable bonds is 3. The van der Waals surface area contributed by atoms with Gasteiger partial charge in [-0.25, -0.2) is 4.39 Å². The molecule has 2 fully saturated rings. The monoisotopic (exact) mass is 346 g/mol. The number of thioether (sulfide) groups is 1. The van der Waals surface area contributed by atoms with Gasteiger partial charge >= 0.3 is 6.18 Å². The molecule has 2 atom stereocenters. The van der Waals surface area contributed by atoms with E-state index in [0.717, 1.165) is 43.9 Å². The zero-order valence-corrected chi connectivity index (χ0v) is 13.4. The number of carbonyl (C=O) groups excluding carboxylic acids is 1. The minimum atomic E-state index is -4.57. The summed E-state index contributed by atoms with van der Waals surface area (Å²) in [6.45, 7) is 0.